The molecule has 0 aliphatic carbocycles. The zero-order valence-electron chi connectivity index (χ0n) is 14.9. The van der Waals surface area contributed by atoms with Crippen LogP contribution in [0.25, 0.3) is 31.3 Å². The molecule has 0 atom stereocenters. The molecule has 6 heteroatoms. The van der Waals surface area contributed by atoms with E-state index in [1.54, 1.807) is 51.1 Å². The lowest BCUT2D eigenvalue weighted by molar-refractivity contribution is 0.356. The number of benzene rings is 2. The lowest BCUT2D eigenvalue weighted by Crippen LogP contribution is -1.90. The molecule has 2 heterocycles. The standard InChI is InChI=1S/C20H18O4S2/c1-21-15-5-11-9-25-19(13(11)7-17(15)23-3)20-14-8-18(24-4)16(22-2)6-12(14)10-26-20/h5-10H,1-4H3. The van der Waals surface area contributed by atoms with Gasteiger partial charge in [0, 0.05) is 10.8 Å². The number of ether oxygens (including phenoxy) is 4. The van der Waals surface area contributed by atoms with Crippen LogP contribution in [0.15, 0.2) is 35.0 Å². The van der Waals surface area contributed by atoms with Gasteiger partial charge in [0.15, 0.2) is 23.0 Å². The number of thiophene rings is 2. The quantitative estimate of drug-likeness (QED) is 0.433. The monoisotopic (exact) mass is 386 g/mol. The van der Waals surface area contributed by atoms with E-state index in [2.05, 4.69) is 10.8 Å². The Morgan fingerprint density at radius 2 is 0.885 bits per heavy atom. The van der Waals surface area contributed by atoms with Gasteiger partial charge >= 0.3 is 0 Å². The summed E-state index contributed by atoms with van der Waals surface area (Å²) in [6.07, 6.45) is 0. The fourth-order valence-electron chi connectivity index (χ4n) is 3.10. The molecule has 2 aromatic heterocycles. The Labute approximate surface area is 159 Å². The van der Waals surface area contributed by atoms with Crippen molar-refractivity contribution in [3.05, 3.63) is 35.0 Å². The molecule has 0 spiro atoms. The predicted molar refractivity (Wildman–Crippen MR) is 109 cm³/mol. The van der Waals surface area contributed by atoms with Gasteiger partial charge in [-0.15, -0.1) is 22.7 Å². The van der Waals surface area contributed by atoms with Crippen molar-refractivity contribution in [3.8, 4) is 32.8 Å². The molecule has 0 N–H and O–H groups in total. The van der Waals surface area contributed by atoms with Crippen molar-refractivity contribution in [2.75, 3.05) is 28.4 Å². The third-order valence-corrected chi connectivity index (χ3v) is 6.61. The van der Waals surface area contributed by atoms with E-state index in [-0.39, 0.29) is 0 Å². The van der Waals surface area contributed by atoms with E-state index in [1.807, 2.05) is 24.3 Å². The minimum Gasteiger partial charge on any atom is -0.493 e. The summed E-state index contributed by atoms with van der Waals surface area (Å²) in [5.74, 6) is 2.96. The van der Waals surface area contributed by atoms with Crippen LogP contribution in [0.3, 0.4) is 0 Å². The van der Waals surface area contributed by atoms with Crippen molar-refractivity contribution >= 4 is 44.2 Å². The second kappa shape index (κ2) is 6.70. The van der Waals surface area contributed by atoms with Crippen molar-refractivity contribution < 1.29 is 18.9 Å². The molecule has 0 saturated heterocycles. The Balaban J connectivity index is 1.95. The molecule has 4 aromatic rings. The van der Waals surface area contributed by atoms with E-state index in [9.17, 15) is 0 Å². The minimum absolute atomic E-state index is 0.736. The first kappa shape index (κ1) is 17.0. The molecule has 134 valence electrons. The van der Waals surface area contributed by atoms with Crippen LogP contribution < -0.4 is 18.9 Å². The first-order chi connectivity index (χ1) is 12.7. The largest absolute Gasteiger partial charge is 0.493 e. The Kier molecular flexibility index (Phi) is 4.38. The lowest BCUT2D eigenvalue weighted by Gasteiger charge is -2.09. The van der Waals surface area contributed by atoms with Crippen LogP contribution in [0, 0.1) is 0 Å². The summed E-state index contributed by atoms with van der Waals surface area (Å²) < 4.78 is 21.8. The number of hydrogen-bond acceptors (Lipinski definition) is 6. The van der Waals surface area contributed by atoms with Gasteiger partial charge in [0.1, 0.15) is 0 Å². The molecule has 4 rings (SSSR count). The second-order valence-electron chi connectivity index (χ2n) is 5.72. The zero-order chi connectivity index (χ0) is 18.3. The molecule has 26 heavy (non-hydrogen) atoms. The Bertz CT molecular complexity index is 1010. The van der Waals surface area contributed by atoms with Crippen LogP contribution in [0.5, 0.6) is 23.0 Å². The minimum atomic E-state index is 0.736. The Hall–Kier alpha value is -2.44. The van der Waals surface area contributed by atoms with Crippen molar-refractivity contribution in [2.24, 2.45) is 0 Å². The van der Waals surface area contributed by atoms with Gasteiger partial charge in [-0.3, -0.25) is 0 Å². The van der Waals surface area contributed by atoms with Gasteiger partial charge in [0.25, 0.3) is 0 Å². The lowest BCUT2D eigenvalue weighted by atomic mass is 10.1. The van der Waals surface area contributed by atoms with Gasteiger partial charge < -0.3 is 18.9 Å². The van der Waals surface area contributed by atoms with Crippen LogP contribution >= 0.6 is 22.7 Å². The van der Waals surface area contributed by atoms with Crippen LogP contribution in [0.4, 0.5) is 0 Å². The summed E-state index contributed by atoms with van der Waals surface area (Å²) >= 11 is 3.45. The van der Waals surface area contributed by atoms with Gasteiger partial charge in [-0.2, -0.15) is 0 Å². The highest BCUT2D eigenvalue weighted by Crippen LogP contribution is 2.47. The highest BCUT2D eigenvalue weighted by atomic mass is 32.1. The summed E-state index contributed by atoms with van der Waals surface area (Å²) in [5, 5.41) is 8.91. The number of hydrogen-bond donors (Lipinski definition) is 0. The van der Waals surface area contributed by atoms with Crippen molar-refractivity contribution in [2.45, 2.75) is 0 Å². The van der Waals surface area contributed by atoms with E-state index >= 15 is 0 Å². The van der Waals surface area contributed by atoms with Crippen LogP contribution in [-0.4, -0.2) is 28.4 Å². The van der Waals surface area contributed by atoms with Crippen LogP contribution in [0.1, 0.15) is 0 Å². The Morgan fingerprint density at radius 3 is 1.23 bits per heavy atom. The van der Waals surface area contributed by atoms with E-state index in [0.29, 0.717) is 0 Å². The van der Waals surface area contributed by atoms with E-state index in [1.165, 1.54) is 9.75 Å². The van der Waals surface area contributed by atoms with Gasteiger partial charge in [-0.05, 0) is 45.8 Å². The molecular formula is C20H18O4S2. The molecule has 0 radical (unpaired) electrons. The molecule has 0 fully saturated rings. The van der Waals surface area contributed by atoms with Gasteiger partial charge in [0.05, 0.1) is 38.2 Å². The topological polar surface area (TPSA) is 36.9 Å². The summed E-state index contributed by atoms with van der Waals surface area (Å²) in [6, 6.07) is 8.14. The summed E-state index contributed by atoms with van der Waals surface area (Å²) in [6.45, 7) is 0. The highest BCUT2D eigenvalue weighted by molar-refractivity contribution is 7.22. The molecule has 0 unspecified atom stereocenters. The molecule has 4 nitrogen and oxygen atoms in total. The fraction of sp³-hybridized carbons (Fsp3) is 0.200. The zero-order valence-corrected chi connectivity index (χ0v) is 16.5. The van der Waals surface area contributed by atoms with Crippen LogP contribution in [0.2, 0.25) is 0 Å². The van der Waals surface area contributed by atoms with Gasteiger partial charge in [0.2, 0.25) is 0 Å². The maximum atomic E-state index is 5.49. The molecule has 0 aliphatic rings. The van der Waals surface area contributed by atoms with E-state index in [0.717, 1.165) is 44.5 Å². The molecule has 0 aliphatic heterocycles. The number of methoxy groups -OCH3 is 4. The maximum Gasteiger partial charge on any atom is 0.161 e. The van der Waals surface area contributed by atoms with E-state index in [4.69, 9.17) is 18.9 Å². The van der Waals surface area contributed by atoms with Gasteiger partial charge in [-0.1, -0.05) is 0 Å². The van der Waals surface area contributed by atoms with Gasteiger partial charge in [-0.25, -0.2) is 0 Å². The van der Waals surface area contributed by atoms with E-state index < -0.39 is 0 Å². The SMILES string of the molecule is COc1cc2csc(-c3scc4cc(OC)c(OC)cc34)c2cc1OC. The first-order valence-corrected chi connectivity index (χ1v) is 9.73. The third kappa shape index (κ3) is 2.57. The van der Waals surface area contributed by atoms with Crippen molar-refractivity contribution in [1.82, 2.24) is 0 Å². The number of rotatable bonds is 5. The smallest absolute Gasteiger partial charge is 0.161 e. The summed E-state index contributed by atoms with van der Waals surface area (Å²) in [5.41, 5.74) is 0. The van der Waals surface area contributed by atoms with Crippen molar-refractivity contribution in [1.29, 1.82) is 0 Å². The Morgan fingerprint density at radius 1 is 0.538 bits per heavy atom. The average molecular weight is 386 g/mol. The molecular weight excluding hydrogens is 368 g/mol. The predicted octanol–water partition coefficient (Wildman–Crippen LogP) is 5.82. The molecule has 2 aromatic carbocycles. The summed E-state index contributed by atoms with van der Waals surface area (Å²) in [4.78, 5) is 2.43. The maximum absolute atomic E-state index is 5.49. The molecule has 0 amide bonds. The van der Waals surface area contributed by atoms with Crippen LogP contribution in [-0.2, 0) is 0 Å². The fourth-order valence-corrected chi connectivity index (χ4v) is 5.31. The highest BCUT2D eigenvalue weighted by Gasteiger charge is 2.17. The second-order valence-corrected chi connectivity index (χ2v) is 7.48. The first-order valence-electron chi connectivity index (χ1n) is 7.97. The third-order valence-electron chi connectivity index (χ3n) is 4.41. The molecule has 0 saturated carbocycles. The normalized spacial score (nSPS) is 11.1. The summed E-state index contributed by atoms with van der Waals surface area (Å²) in [7, 11) is 6.63. The van der Waals surface area contributed by atoms with Crippen molar-refractivity contribution in [3.63, 3.8) is 0 Å². The molecule has 0 bridgehead atoms. The average Bonchev–Trinajstić information content (AvgIpc) is 3.28. The number of fused-ring (bicyclic) bond motifs is 2.